The highest BCUT2D eigenvalue weighted by atomic mass is 16.5. The van der Waals surface area contributed by atoms with Gasteiger partial charge in [-0.1, -0.05) is 24.3 Å². The van der Waals surface area contributed by atoms with Crippen molar-refractivity contribution in [2.45, 2.75) is 0 Å². The number of fused-ring (bicyclic) bond motifs is 1. The van der Waals surface area contributed by atoms with Gasteiger partial charge in [0.1, 0.15) is 34.1 Å². The Labute approximate surface area is 214 Å². The highest BCUT2D eigenvalue weighted by Gasteiger charge is 2.14. The number of carbonyl (C=O) groups excluding carboxylic acids is 1. The van der Waals surface area contributed by atoms with E-state index in [1.54, 1.807) is 44.6 Å². The fourth-order valence-corrected chi connectivity index (χ4v) is 3.76. The van der Waals surface area contributed by atoms with E-state index in [0.717, 1.165) is 16.9 Å². The van der Waals surface area contributed by atoms with Crippen LogP contribution in [0.3, 0.4) is 0 Å². The summed E-state index contributed by atoms with van der Waals surface area (Å²) in [5, 5.41) is 0.613. The van der Waals surface area contributed by atoms with Crippen molar-refractivity contribution in [3.8, 4) is 23.0 Å². The first-order chi connectivity index (χ1) is 17.9. The van der Waals surface area contributed by atoms with Gasteiger partial charge in [-0.15, -0.1) is 0 Å². The quantitative estimate of drug-likeness (QED) is 0.123. The molecule has 3 aromatic carbocycles. The van der Waals surface area contributed by atoms with E-state index >= 15 is 0 Å². The van der Waals surface area contributed by atoms with Gasteiger partial charge in [0.2, 0.25) is 0 Å². The Balaban J connectivity index is 1.70. The number of carbonyl (C=O) groups is 1. The summed E-state index contributed by atoms with van der Waals surface area (Å²) in [6.07, 6.45) is 6.77. The predicted molar refractivity (Wildman–Crippen MR) is 144 cm³/mol. The second kappa shape index (κ2) is 11.3. The fourth-order valence-electron chi connectivity index (χ4n) is 3.76. The fraction of sp³-hybridized carbons (Fsp3) is 0.133. The van der Waals surface area contributed by atoms with Gasteiger partial charge in [0.15, 0.2) is 5.78 Å². The zero-order valence-corrected chi connectivity index (χ0v) is 20.9. The van der Waals surface area contributed by atoms with Crippen LogP contribution in [0.5, 0.6) is 23.0 Å². The van der Waals surface area contributed by atoms with E-state index in [9.17, 15) is 9.59 Å². The highest BCUT2D eigenvalue weighted by molar-refractivity contribution is 6.08. The maximum atomic E-state index is 13.0. The summed E-state index contributed by atoms with van der Waals surface area (Å²) >= 11 is 0. The van der Waals surface area contributed by atoms with E-state index in [2.05, 4.69) is 0 Å². The molecule has 0 saturated heterocycles. The Morgan fingerprint density at radius 3 is 2.11 bits per heavy atom. The van der Waals surface area contributed by atoms with Gasteiger partial charge in [0.05, 0.1) is 28.4 Å². The van der Waals surface area contributed by atoms with Gasteiger partial charge in [0.25, 0.3) is 0 Å². The van der Waals surface area contributed by atoms with Gasteiger partial charge >= 0.3 is 5.63 Å². The smallest absolute Gasteiger partial charge is 0.347 e. The van der Waals surface area contributed by atoms with Gasteiger partial charge in [-0.2, -0.15) is 0 Å². The molecule has 0 unspecified atom stereocenters. The Kier molecular flexibility index (Phi) is 7.74. The Morgan fingerprint density at radius 1 is 0.730 bits per heavy atom. The van der Waals surface area contributed by atoms with Crippen molar-refractivity contribution in [2.75, 3.05) is 28.4 Å². The number of hydrogen-bond acceptors (Lipinski definition) is 7. The van der Waals surface area contributed by atoms with Crippen LogP contribution in [0.2, 0.25) is 0 Å². The largest absolute Gasteiger partial charge is 0.497 e. The number of rotatable bonds is 9. The maximum absolute atomic E-state index is 13.0. The molecular weight excluding hydrogens is 472 g/mol. The van der Waals surface area contributed by atoms with Crippen LogP contribution in [0.15, 0.2) is 76.0 Å². The molecule has 0 amide bonds. The minimum absolute atomic E-state index is 0.0725. The van der Waals surface area contributed by atoms with Gasteiger partial charge in [-0.25, -0.2) is 4.79 Å². The molecule has 1 heterocycles. The SMILES string of the molecule is COc1ccc(C=Cc2cc(OC)cc(OC)c2/C=C/C(=O)c2cc3ccc(OC)cc3oc2=O)cc1. The van der Waals surface area contributed by atoms with Crippen molar-refractivity contribution in [2.24, 2.45) is 0 Å². The summed E-state index contributed by atoms with van der Waals surface area (Å²) in [4.78, 5) is 25.6. The molecule has 0 fully saturated rings. The molecule has 0 N–H and O–H groups in total. The predicted octanol–water partition coefficient (Wildman–Crippen LogP) is 5.89. The maximum Gasteiger partial charge on any atom is 0.347 e. The molecule has 0 radical (unpaired) electrons. The minimum Gasteiger partial charge on any atom is -0.497 e. The lowest BCUT2D eigenvalue weighted by atomic mass is 10.0. The van der Waals surface area contributed by atoms with Crippen molar-refractivity contribution in [1.82, 2.24) is 0 Å². The van der Waals surface area contributed by atoms with Crippen LogP contribution >= 0.6 is 0 Å². The third-order valence-corrected chi connectivity index (χ3v) is 5.78. The number of ether oxygens (including phenoxy) is 4. The van der Waals surface area contributed by atoms with Gasteiger partial charge in [-0.3, -0.25) is 4.79 Å². The van der Waals surface area contributed by atoms with Crippen LogP contribution < -0.4 is 24.6 Å². The second-order valence-electron chi connectivity index (χ2n) is 7.99. The van der Waals surface area contributed by atoms with E-state index < -0.39 is 11.4 Å². The van der Waals surface area contributed by atoms with Crippen LogP contribution in [-0.2, 0) is 0 Å². The summed E-state index contributed by atoms with van der Waals surface area (Å²) in [6.45, 7) is 0. The first kappa shape index (κ1) is 25.3. The summed E-state index contributed by atoms with van der Waals surface area (Å²) in [5.41, 5.74) is 1.91. The zero-order valence-electron chi connectivity index (χ0n) is 20.9. The molecule has 0 aliphatic rings. The molecule has 4 aromatic rings. The molecule has 188 valence electrons. The van der Waals surface area contributed by atoms with Crippen LogP contribution in [0.4, 0.5) is 0 Å². The van der Waals surface area contributed by atoms with Crippen molar-refractivity contribution in [3.05, 3.63) is 99.4 Å². The van der Waals surface area contributed by atoms with Crippen LogP contribution in [0, 0.1) is 0 Å². The van der Waals surface area contributed by atoms with E-state index in [4.69, 9.17) is 23.4 Å². The monoisotopic (exact) mass is 498 g/mol. The molecule has 7 nitrogen and oxygen atoms in total. The summed E-state index contributed by atoms with van der Waals surface area (Å²) in [7, 11) is 6.25. The molecule has 0 atom stereocenters. The molecule has 0 saturated carbocycles. The third-order valence-electron chi connectivity index (χ3n) is 5.78. The minimum atomic E-state index is -0.725. The molecule has 1 aromatic heterocycles. The highest BCUT2D eigenvalue weighted by Crippen LogP contribution is 2.32. The average Bonchev–Trinajstić information content (AvgIpc) is 2.94. The number of ketones is 1. The number of allylic oxidation sites excluding steroid dienone is 1. The summed E-state index contributed by atoms with van der Waals surface area (Å²) in [6, 6.07) is 17.8. The molecule has 7 heteroatoms. The van der Waals surface area contributed by atoms with Gasteiger partial charge in [0, 0.05) is 23.1 Å². The van der Waals surface area contributed by atoms with Crippen molar-refractivity contribution < 1.29 is 28.2 Å². The second-order valence-corrected chi connectivity index (χ2v) is 7.99. The summed E-state index contributed by atoms with van der Waals surface area (Å²) < 4.78 is 26.7. The Bertz CT molecular complexity index is 1540. The van der Waals surface area contributed by atoms with Gasteiger partial charge in [-0.05, 0) is 59.7 Å². The van der Waals surface area contributed by atoms with Gasteiger partial charge < -0.3 is 23.4 Å². The standard InChI is InChI=1S/C30H26O7/c1-33-22-10-6-19(7-11-22)5-8-20-15-24(35-3)18-29(36-4)25(20)13-14-27(31)26-16-21-9-12-23(34-2)17-28(21)37-30(26)32/h5-18H,1-4H3/b8-5?,14-13+. The zero-order chi connectivity index (χ0) is 26.4. The molecule has 0 bridgehead atoms. The van der Waals surface area contributed by atoms with Crippen molar-refractivity contribution in [3.63, 3.8) is 0 Å². The first-order valence-corrected chi connectivity index (χ1v) is 11.4. The van der Waals surface area contributed by atoms with Crippen molar-refractivity contribution >= 4 is 35.0 Å². The molecule has 0 aliphatic heterocycles. The number of benzene rings is 3. The Morgan fingerprint density at radius 2 is 1.43 bits per heavy atom. The lowest BCUT2D eigenvalue weighted by Gasteiger charge is -2.11. The summed E-state index contributed by atoms with van der Waals surface area (Å²) in [5.74, 6) is 1.93. The van der Waals surface area contributed by atoms with E-state index in [-0.39, 0.29) is 5.56 Å². The molecule has 0 spiro atoms. The van der Waals surface area contributed by atoms with E-state index in [0.29, 0.717) is 33.8 Å². The van der Waals surface area contributed by atoms with Crippen LogP contribution in [0.1, 0.15) is 27.0 Å². The first-order valence-electron chi connectivity index (χ1n) is 11.4. The number of hydrogen-bond donors (Lipinski definition) is 0. The van der Waals surface area contributed by atoms with Crippen molar-refractivity contribution in [1.29, 1.82) is 0 Å². The lowest BCUT2D eigenvalue weighted by Crippen LogP contribution is -2.12. The lowest BCUT2D eigenvalue weighted by molar-refractivity contribution is 0.104. The average molecular weight is 499 g/mol. The molecule has 37 heavy (non-hydrogen) atoms. The normalized spacial score (nSPS) is 11.2. The topological polar surface area (TPSA) is 84.2 Å². The van der Waals surface area contributed by atoms with Crippen LogP contribution in [-0.4, -0.2) is 34.2 Å². The van der Waals surface area contributed by atoms with Crippen LogP contribution in [0.25, 0.3) is 29.2 Å². The van der Waals surface area contributed by atoms with E-state index in [1.807, 2.05) is 42.5 Å². The Hall–Kier alpha value is -4.78. The third kappa shape index (κ3) is 5.73. The number of methoxy groups -OCH3 is 4. The molecule has 0 aliphatic carbocycles. The molecular formula is C30H26O7. The van der Waals surface area contributed by atoms with E-state index in [1.165, 1.54) is 26.4 Å². The molecule has 4 rings (SSSR count).